The molecule has 1 heterocycles. The van der Waals surface area contributed by atoms with Gasteiger partial charge in [-0.1, -0.05) is 29.8 Å². The zero-order chi connectivity index (χ0) is 17.0. The largest absolute Gasteiger partial charge is 0.350 e. The Morgan fingerprint density at radius 1 is 1.35 bits per heavy atom. The van der Waals surface area contributed by atoms with Crippen molar-refractivity contribution < 1.29 is 4.79 Å². The first-order chi connectivity index (χ1) is 10.9. The van der Waals surface area contributed by atoms with Crippen molar-refractivity contribution in [3.05, 3.63) is 57.9 Å². The predicted octanol–water partition coefficient (Wildman–Crippen LogP) is 3.74. The summed E-state index contributed by atoms with van der Waals surface area (Å²) in [6, 6.07) is 7.86. The van der Waals surface area contributed by atoms with Crippen LogP contribution in [0.2, 0.25) is 5.02 Å². The van der Waals surface area contributed by atoms with Crippen molar-refractivity contribution in [3.63, 3.8) is 0 Å². The van der Waals surface area contributed by atoms with Gasteiger partial charge in [-0.2, -0.15) is 5.10 Å². The summed E-state index contributed by atoms with van der Waals surface area (Å²) in [6.45, 7) is 8.42. The molecule has 0 aliphatic carbocycles. The summed E-state index contributed by atoms with van der Waals surface area (Å²) in [7, 11) is 0. The number of nitrogens with zero attached hydrogens (tertiary/aromatic N) is 2. The van der Waals surface area contributed by atoms with Crippen molar-refractivity contribution in [1.29, 1.82) is 0 Å². The normalized spacial score (nSPS) is 11.4. The first-order valence-electron chi connectivity index (χ1n) is 7.64. The number of aromatic nitrogens is 2. The third-order valence-corrected chi connectivity index (χ3v) is 3.92. The zero-order valence-electron chi connectivity index (χ0n) is 13.9. The average Bonchev–Trinajstić information content (AvgIpc) is 2.73. The summed E-state index contributed by atoms with van der Waals surface area (Å²) in [5, 5.41) is 8.13. The lowest BCUT2D eigenvalue weighted by Crippen LogP contribution is -2.28. The van der Waals surface area contributed by atoms with Crippen LogP contribution in [0, 0.1) is 13.8 Å². The van der Waals surface area contributed by atoms with E-state index in [1.54, 1.807) is 6.08 Å². The summed E-state index contributed by atoms with van der Waals surface area (Å²) in [5.74, 6) is -0.0994. The highest BCUT2D eigenvalue weighted by Crippen LogP contribution is 2.20. The van der Waals surface area contributed by atoms with Crippen molar-refractivity contribution in [1.82, 2.24) is 15.1 Å². The molecule has 0 unspecified atom stereocenters. The Labute approximate surface area is 142 Å². The highest BCUT2D eigenvalue weighted by atomic mass is 35.5. The number of rotatable bonds is 5. The van der Waals surface area contributed by atoms with E-state index >= 15 is 0 Å². The number of halogens is 1. The molecule has 0 atom stereocenters. The van der Waals surface area contributed by atoms with Gasteiger partial charge in [0.25, 0.3) is 0 Å². The number of aryl methyl sites for hydroxylation is 1. The van der Waals surface area contributed by atoms with Crippen LogP contribution >= 0.6 is 11.6 Å². The molecule has 4 nitrogen and oxygen atoms in total. The number of carbonyl (C=O) groups excluding carboxylic acids is 1. The molecule has 2 aromatic rings. The molecule has 0 saturated heterocycles. The molecule has 0 aliphatic rings. The Hall–Kier alpha value is -2.07. The van der Waals surface area contributed by atoms with Crippen LogP contribution in [-0.4, -0.2) is 21.7 Å². The Morgan fingerprint density at radius 3 is 2.70 bits per heavy atom. The topological polar surface area (TPSA) is 46.9 Å². The van der Waals surface area contributed by atoms with Crippen LogP contribution in [0.25, 0.3) is 6.08 Å². The van der Waals surface area contributed by atoms with Crippen molar-refractivity contribution in [2.45, 2.75) is 40.3 Å². The molecule has 0 spiro atoms. The van der Waals surface area contributed by atoms with E-state index in [2.05, 4.69) is 10.4 Å². The van der Waals surface area contributed by atoms with Crippen LogP contribution in [0.4, 0.5) is 0 Å². The van der Waals surface area contributed by atoms with Gasteiger partial charge in [0.1, 0.15) is 0 Å². The highest BCUT2D eigenvalue weighted by molar-refractivity contribution is 6.31. The number of benzene rings is 1. The van der Waals surface area contributed by atoms with Crippen LogP contribution < -0.4 is 5.32 Å². The van der Waals surface area contributed by atoms with Gasteiger partial charge in [0.05, 0.1) is 12.2 Å². The lowest BCUT2D eigenvalue weighted by Gasteiger charge is -2.07. The second-order valence-electron chi connectivity index (χ2n) is 5.83. The maximum absolute atomic E-state index is 11.7. The number of carbonyl (C=O) groups is 1. The van der Waals surface area contributed by atoms with Gasteiger partial charge in [-0.3, -0.25) is 9.48 Å². The van der Waals surface area contributed by atoms with Crippen molar-refractivity contribution in [2.75, 3.05) is 0 Å². The molecule has 1 N–H and O–H groups in total. The number of hydrogen-bond donors (Lipinski definition) is 1. The minimum absolute atomic E-state index is 0.0994. The first-order valence-corrected chi connectivity index (χ1v) is 8.02. The summed E-state index contributed by atoms with van der Waals surface area (Å²) < 4.78 is 1.91. The van der Waals surface area contributed by atoms with E-state index in [0.29, 0.717) is 6.54 Å². The molecule has 122 valence electrons. The van der Waals surface area contributed by atoms with Gasteiger partial charge >= 0.3 is 0 Å². The molecule has 2 rings (SSSR count). The fourth-order valence-corrected chi connectivity index (χ4v) is 2.58. The Balaban J connectivity index is 2.21. The van der Waals surface area contributed by atoms with Gasteiger partial charge in [-0.25, -0.2) is 0 Å². The van der Waals surface area contributed by atoms with Gasteiger partial charge in [0.2, 0.25) is 5.91 Å². The summed E-state index contributed by atoms with van der Waals surface area (Å²) in [4.78, 5) is 11.7. The fraction of sp³-hybridized carbons (Fsp3) is 0.333. The van der Waals surface area contributed by atoms with E-state index in [1.165, 1.54) is 0 Å². The monoisotopic (exact) mass is 331 g/mol. The van der Waals surface area contributed by atoms with Gasteiger partial charge in [0.15, 0.2) is 0 Å². The molecule has 0 radical (unpaired) electrons. The van der Waals surface area contributed by atoms with E-state index in [9.17, 15) is 4.79 Å². The smallest absolute Gasteiger partial charge is 0.244 e. The highest BCUT2D eigenvalue weighted by Gasteiger charge is 2.11. The second kappa shape index (κ2) is 7.47. The van der Waals surface area contributed by atoms with E-state index < -0.39 is 0 Å². The van der Waals surface area contributed by atoms with E-state index in [4.69, 9.17) is 11.6 Å². The third kappa shape index (κ3) is 4.45. The maximum atomic E-state index is 11.7. The van der Waals surface area contributed by atoms with Crippen LogP contribution in [-0.2, 0) is 11.3 Å². The van der Waals surface area contributed by atoms with E-state index in [1.807, 2.05) is 62.7 Å². The quantitative estimate of drug-likeness (QED) is 0.848. The molecule has 1 amide bonds. The zero-order valence-corrected chi connectivity index (χ0v) is 14.7. The van der Waals surface area contributed by atoms with Crippen LogP contribution in [0.1, 0.15) is 36.4 Å². The van der Waals surface area contributed by atoms with Crippen molar-refractivity contribution in [3.8, 4) is 0 Å². The number of nitrogens with one attached hydrogen (secondary N) is 1. The van der Waals surface area contributed by atoms with Crippen molar-refractivity contribution in [2.24, 2.45) is 0 Å². The van der Waals surface area contributed by atoms with E-state index in [0.717, 1.165) is 27.5 Å². The Morgan fingerprint density at radius 2 is 2.04 bits per heavy atom. The SMILES string of the molecule is Cc1nn(Cc2ccccc2Cl)c(C)c1/C=C/C(=O)NC(C)C. The number of hydrogen-bond acceptors (Lipinski definition) is 2. The van der Waals surface area contributed by atoms with E-state index in [-0.39, 0.29) is 11.9 Å². The fourth-order valence-electron chi connectivity index (χ4n) is 2.39. The minimum atomic E-state index is -0.0994. The molecule has 23 heavy (non-hydrogen) atoms. The maximum Gasteiger partial charge on any atom is 0.244 e. The lowest BCUT2D eigenvalue weighted by atomic mass is 10.1. The molecule has 1 aromatic carbocycles. The second-order valence-corrected chi connectivity index (χ2v) is 6.24. The standard InChI is InChI=1S/C18H22ClN3O/c1-12(2)20-18(23)10-9-16-13(3)21-22(14(16)4)11-15-7-5-6-8-17(15)19/h5-10,12H,11H2,1-4H3,(H,20,23)/b10-9+. The summed E-state index contributed by atoms with van der Waals surface area (Å²) in [6.07, 6.45) is 3.37. The molecular weight excluding hydrogens is 310 g/mol. The molecule has 0 bridgehead atoms. The van der Waals surface area contributed by atoms with Crippen LogP contribution in [0.15, 0.2) is 30.3 Å². The Kier molecular flexibility index (Phi) is 5.61. The summed E-state index contributed by atoms with van der Waals surface area (Å²) >= 11 is 6.22. The molecule has 5 heteroatoms. The van der Waals surface area contributed by atoms with Crippen LogP contribution in [0.5, 0.6) is 0 Å². The number of amides is 1. The molecule has 0 saturated carbocycles. The lowest BCUT2D eigenvalue weighted by molar-refractivity contribution is -0.116. The summed E-state index contributed by atoms with van der Waals surface area (Å²) in [5.41, 5.74) is 3.89. The van der Waals surface area contributed by atoms with Gasteiger partial charge in [0, 0.05) is 28.4 Å². The third-order valence-electron chi connectivity index (χ3n) is 3.55. The minimum Gasteiger partial charge on any atom is -0.350 e. The van der Waals surface area contributed by atoms with Gasteiger partial charge in [-0.05, 0) is 45.4 Å². The Bertz CT molecular complexity index is 732. The molecule has 1 aromatic heterocycles. The van der Waals surface area contributed by atoms with Gasteiger partial charge < -0.3 is 5.32 Å². The molecule has 0 fully saturated rings. The predicted molar refractivity (Wildman–Crippen MR) is 94.6 cm³/mol. The van der Waals surface area contributed by atoms with Crippen LogP contribution in [0.3, 0.4) is 0 Å². The first kappa shape index (κ1) is 17.3. The molecule has 0 aliphatic heterocycles. The van der Waals surface area contributed by atoms with Gasteiger partial charge in [-0.15, -0.1) is 0 Å². The molecular formula is C18H22ClN3O. The van der Waals surface area contributed by atoms with Crippen molar-refractivity contribution >= 4 is 23.6 Å². The average molecular weight is 332 g/mol.